The first kappa shape index (κ1) is 15.9. The average Bonchev–Trinajstić information content (AvgIpc) is 2.90. The molecule has 0 saturated heterocycles. The van der Waals surface area contributed by atoms with Crippen LogP contribution in [-0.2, 0) is 9.84 Å². The predicted molar refractivity (Wildman–Crippen MR) is 95.8 cm³/mol. The lowest BCUT2D eigenvalue weighted by Gasteiger charge is -2.06. The fourth-order valence-corrected chi connectivity index (χ4v) is 3.82. The van der Waals surface area contributed by atoms with E-state index in [-0.39, 0.29) is 5.75 Å². The molecule has 1 aromatic carbocycles. The molecule has 0 radical (unpaired) electrons. The lowest BCUT2D eigenvalue weighted by atomic mass is 10.2. The molecule has 0 aliphatic carbocycles. The molecular formula is C16H17N3O2S2. The molecule has 1 N–H and O–H groups in total. The van der Waals surface area contributed by atoms with Gasteiger partial charge in [0.25, 0.3) is 0 Å². The Morgan fingerprint density at radius 1 is 1.17 bits per heavy atom. The van der Waals surface area contributed by atoms with Crippen LogP contribution in [0, 0.1) is 6.92 Å². The van der Waals surface area contributed by atoms with Crippen molar-refractivity contribution in [3.05, 3.63) is 42.2 Å². The first-order valence-electron chi connectivity index (χ1n) is 7.17. The van der Waals surface area contributed by atoms with E-state index in [1.165, 1.54) is 6.26 Å². The third kappa shape index (κ3) is 3.86. The summed E-state index contributed by atoms with van der Waals surface area (Å²) >= 11 is 1.61. The predicted octanol–water partition coefficient (Wildman–Crippen LogP) is 3.12. The second-order valence-electron chi connectivity index (χ2n) is 5.37. The van der Waals surface area contributed by atoms with E-state index in [1.807, 2.05) is 25.1 Å². The fraction of sp³-hybridized carbons (Fsp3) is 0.250. The summed E-state index contributed by atoms with van der Waals surface area (Å²) in [6.07, 6.45) is 1.23. The van der Waals surface area contributed by atoms with E-state index in [2.05, 4.69) is 33.5 Å². The van der Waals surface area contributed by atoms with Gasteiger partial charge in [0, 0.05) is 17.7 Å². The third-order valence-electron chi connectivity index (χ3n) is 3.33. The minimum absolute atomic E-state index is 0.0766. The summed E-state index contributed by atoms with van der Waals surface area (Å²) < 4.78 is 22.5. The number of anilines is 1. The van der Waals surface area contributed by atoms with Gasteiger partial charge in [-0.2, -0.15) is 0 Å². The molecule has 0 aliphatic rings. The summed E-state index contributed by atoms with van der Waals surface area (Å²) in [4.78, 5) is 10.9. The molecule has 0 unspecified atom stereocenters. The Kier molecular flexibility index (Phi) is 4.32. The topological polar surface area (TPSA) is 72.0 Å². The van der Waals surface area contributed by atoms with Gasteiger partial charge in [-0.15, -0.1) is 11.3 Å². The lowest BCUT2D eigenvalue weighted by Crippen LogP contribution is -2.15. The fourth-order valence-electron chi connectivity index (χ4n) is 2.26. The van der Waals surface area contributed by atoms with E-state index in [4.69, 9.17) is 0 Å². The van der Waals surface area contributed by atoms with Crippen LogP contribution in [0.3, 0.4) is 0 Å². The van der Waals surface area contributed by atoms with E-state index in [1.54, 1.807) is 11.3 Å². The van der Waals surface area contributed by atoms with Gasteiger partial charge in [0.1, 0.15) is 26.3 Å². The largest absolute Gasteiger partial charge is 0.368 e. The summed E-state index contributed by atoms with van der Waals surface area (Å²) in [5.74, 6) is 1.43. The number of benzene rings is 1. The molecule has 120 valence electrons. The second-order valence-corrected chi connectivity index (χ2v) is 8.66. The summed E-state index contributed by atoms with van der Waals surface area (Å²) in [5.41, 5.74) is 1.13. The normalized spacial score (nSPS) is 11.7. The molecule has 7 heteroatoms. The molecule has 23 heavy (non-hydrogen) atoms. The van der Waals surface area contributed by atoms with Gasteiger partial charge in [0.2, 0.25) is 0 Å². The monoisotopic (exact) mass is 347 g/mol. The zero-order valence-electron chi connectivity index (χ0n) is 12.9. The smallest absolute Gasteiger partial charge is 0.149 e. The standard InChI is InChI=1S/C16H17N3O2S2/c1-11-18-15(17-8-9-23(2,20)21)13-10-14(22-16(13)19-11)12-6-4-3-5-7-12/h3-7,10H,8-9H2,1-2H3,(H,17,18,19). The van der Waals surface area contributed by atoms with Gasteiger partial charge in [-0.3, -0.25) is 0 Å². The average molecular weight is 347 g/mol. The molecule has 0 saturated carbocycles. The van der Waals surface area contributed by atoms with Crippen molar-refractivity contribution in [3.8, 4) is 10.4 Å². The Hall–Kier alpha value is -1.99. The van der Waals surface area contributed by atoms with Crippen LogP contribution in [0.5, 0.6) is 0 Å². The zero-order chi connectivity index (χ0) is 16.4. The molecule has 2 heterocycles. The number of fused-ring (bicyclic) bond motifs is 1. The van der Waals surface area contributed by atoms with Gasteiger partial charge < -0.3 is 5.32 Å². The highest BCUT2D eigenvalue weighted by atomic mass is 32.2. The van der Waals surface area contributed by atoms with E-state index >= 15 is 0 Å². The molecule has 0 bridgehead atoms. The Balaban J connectivity index is 1.96. The molecule has 0 atom stereocenters. The summed E-state index contributed by atoms with van der Waals surface area (Å²) in [6.45, 7) is 2.17. The second kappa shape index (κ2) is 6.25. The quantitative estimate of drug-likeness (QED) is 0.768. The van der Waals surface area contributed by atoms with Crippen molar-refractivity contribution in [1.82, 2.24) is 9.97 Å². The van der Waals surface area contributed by atoms with Gasteiger partial charge in [-0.25, -0.2) is 18.4 Å². The van der Waals surface area contributed by atoms with Crippen molar-refractivity contribution >= 4 is 37.2 Å². The molecule has 5 nitrogen and oxygen atoms in total. The number of aryl methyl sites for hydroxylation is 1. The number of nitrogens with one attached hydrogen (secondary N) is 1. The zero-order valence-corrected chi connectivity index (χ0v) is 14.5. The summed E-state index contributed by atoms with van der Waals surface area (Å²) in [7, 11) is -3.00. The first-order valence-corrected chi connectivity index (χ1v) is 10.1. The molecule has 0 amide bonds. The molecule has 0 spiro atoms. The first-order chi connectivity index (χ1) is 10.9. The van der Waals surface area contributed by atoms with Gasteiger partial charge in [-0.05, 0) is 18.6 Å². The number of rotatable bonds is 5. The van der Waals surface area contributed by atoms with E-state index in [0.29, 0.717) is 18.2 Å². The SMILES string of the molecule is Cc1nc(NCCS(C)(=O)=O)c2cc(-c3ccccc3)sc2n1. The minimum Gasteiger partial charge on any atom is -0.368 e. The van der Waals surface area contributed by atoms with Gasteiger partial charge >= 0.3 is 0 Å². The summed E-state index contributed by atoms with van der Waals surface area (Å²) in [6, 6.07) is 12.2. The molecular weight excluding hydrogens is 330 g/mol. The van der Waals surface area contributed by atoms with Crippen LogP contribution < -0.4 is 5.32 Å². The van der Waals surface area contributed by atoms with Crippen LogP contribution in [0.15, 0.2) is 36.4 Å². The Morgan fingerprint density at radius 2 is 1.91 bits per heavy atom. The van der Waals surface area contributed by atoms with Crippen molar-refractivity contribution in [2.75, 3.05) is 23.9 Å². The van der Waals surface area contributed by atoms with Crippen LogP contribution in [0.1, 0.15) is 5.82 Å². The maximum Gasteiger partial charge on any atom is 0.149 e. The van der Waals surface area contributed by atoms with E-state index in [9.17, 15) is 8.42 Å². The number of nitrogens with zero attached hydrogens (tertiary/aromatic N) is 2. The minimum atomic E-state index is -3.00. The van der Waals surface area contributed by atoms with Crippen LogP contribution in [0.25, 0.3) is 20.7 Å². The molecule has 0 aliphatic heterocycles. The van der Waals surface area contributed by atoms with Crippen LogP contribution in [-0.4, -0.2) is 36.9 Å². The lowest BCUT2D eigenvalue weighted by molar-refractivity contribution is 0.602. The number of hydrogen-bond donors (Lipinski definition) is 1. The van der Waals surface area contributed by atoms with E-state index < -0.39 is 9.84 Å². The number of aromatic nitrogens is 2. The van der Waals surface area contributed by atoms with Crippen LogP contribution >= 0.6 is 11.3 Å². The van der Waals surface area contributed by atoms with Crippen molar-refractivity contribution in [1.29, 1.82) is 0 Å². The Labute approximate surface area is 139 Å². The molecule has 0 fully saturated rings. The van der Waals surface area contributed by atoms with Crippen molar-refractivity contribution in [2.24, 2.45) is 0 Å². The summed E-state index contributed by atoms with van der Waals surface area (Å²) in [5, 5.41) is 4.05. The Morgan fingerprint density at radius 3 is 2.61 bits per heavy atom. The van der Waals surface area contributed by atoms with Crippen molar-refractivity contribution in [2.45, 2.75) is 6.92 Å². The molecule has 3 rings (SSSR count). The maximum atomic E-state index is 11.3. The third-order valence-corrected chi connectivity index (χ3v) is 5.35. The van der Waals surface area contributed by atoms with E-state index in [0.717, 1.165) is 20.7 Å². The van der Waals surface area contributed by atoms with Gasteiger partial charge in [-0.1, -0.05) is 30.3 Å². The number of thiophene rings is 1. The van der Waals surface area contributed by atoms with Crippen molar-refractivity contribution in [3.63, 3.8) is 0 Å². The maximum absolute atomic E-state index is 11.3. The van der Waals surface area contributed by atoms with Crippen LogP contribution in [0.4, 0.5) is 5.82 Å². The van der Waals surface area contributed by atoms with Crippen LogP contribution in [0.2, 0.25) is 0 Å². The molecule has 3 aromatic rings. The van der Waals surface area contributed by atoms with Crippen molar-refractivity contribution < 1.29 is 8.42 Å². The number of sulfone groups is 1. The highest BCUT2D eigenvalue weighted by Crippen LogP contribution is 2.35. The number of hydrogen-bond acceptors (Lipinski definition) is 6. The highest BCUT2D eigenvalue weighted by molar-refractivity contribution is 7.90. The highest BCUT2D eigenvalue weighted by Gasteiger charge is 2.12. The molecule has 2 aromatic heterocycles. The van der Waals surface area contributed by atoms with Gasteiger partial charge in [0.05, 0.1) is 11.1 Å². The van der Waals surface area contributed by atoms with Gasteiger partial charge in [0.15, 0.2) is 0 Å². The Bertz CT molecular complexity index is 935.